The molecule has 0 amide bonds. The maximum absolute atomic E-state index is 13.1. The zero-order valence-electron chi connectivity index (χ0n) is 18.3. The molecule has 0 aliphatic carbocycles. The third-order valence-electron chi connectivity index (χ3n) is 5.40. The summed E-state index contributed by atoms with van der Waals surface area (Å²) in [5.41, 5.74) is 4.09. The van der Waals surface area contributed by atoms with Gasteiger partial charge in [0.25, 0.3) is 10.0 Å². The molecular formula is C25H37NO2S. The summed E-state index contributed by atoms with van der Waals surface area (Å²) in [5.74, 6) is 0. The maximum Gasteiger partial charge on any atom is 0.261 e. The van der Waals surface area contributed by atoms with Gasteiger partial charge in [0.2, 0.25) is 0 Å². The van der Waals surface area contributed by atoms with Crippen molar-refractivity contribution in [2.45, 2.75) is 89.9 Å². The molecule has 0 atom stereocenters. The van der Waals surface area contributed by atoms with Crippen molar-refractivity contribution in [3.05, 3.63) is 59.2 Å². The fourth-order valence-electron chi connectivity index (χ4n) is 3.60. The van der Waals surface area contributed by atoms with Gasteiger partial charge in [-0.2, -0.15) is 0 Å². The monoisotopic (exact) mass is 415 g/mol. The molecule has 0 fully saturated rings. The van der Waals surface area contributed by atoms with Crippen molar-refractivity contribution in [1.82, 2.24) is 0 Å². The highest BCUT2D eigenvalue weighted by molar-refractivity contribution is 7.92. The van der Waals surface area contributed by atoms with Gasteiger partial charge in [-0.3, -0.25) is 4.72 Å². The SMILES string of the molecule is CCCCCCc1cccc(CCCCCC)c1NS(=O)(=O)c1ccc(C)cc1. The molecule has 0 heterocycles. The molecule has 0 unspecified atom stereocenters. The van der Waals surface area contributed by atoms with Gasteiger partial charge in [0, 0.05) is 0 Å². The molecule has 0 saturated carbocycles. The van der Waals surface area contributed by atoms with Crippen molar-refractivity contribution < 1.29 is 8.42 Å². The molecule has 0 aliphatic heterocycles. The van der Waals surface area contributed by atoms with Gasteiger partial charge < -0.3 is 0 Å². The summed E-state index contributed by atoms with van der Waals surface area (Å²) in [6.07, 6.45) is 11.2. The lowest BCUT2D eigenvalue weighted by atomic mass is 9.98. The molecule has 29 heavy (non-hydrogen) atoms. The van der Waals surface area contributed by atoms with Gasteiger partial charge in [0.05, 0.1) is 10.6 Å². The van der Waals surface area contributed by atoms with Gasteiger partial charge in [-0.1, -0.05) is 88.3 Å². The number of benzene rings is 2. The lowest BCUT2D eigenvalue weighted by Gasteiger charge is -2.17. The van der Waals surface area contributed by atoms with E-state index in [0.29, 0.717) is 4.90 Å². The first-order chi connectivity index (χ1) is 14.0. The summed E-state index contributed by atoms with van der Waals surface area (Å²) < 4.78 is 29.1. The Bertz CT molecular complexity index is 811. The Labute approximate surface area is 178 Å². The lowest BCUT2D eigenvalue weighted by Crippen LogP contribution is -2.16. The standard InChI is InChI=1S/C25H37NO2S/c1-4-6-8-10-13-22-15-12-16-23(14-11-9-7-5-2)25(22)26-29(27,28)24-19-17-21(3)18-20-24/h12,15-20,26H,4-11,13-14H2,1-3H3. The molecule has 1 N–H and O–H groups in total. The molecule has 2 aromatic carbocycles. The molecule has 0 bridgehead atoms. The molecule has 3 nitrogen and oxygen atoms in total. The van der Waals surface area contributed by atoms with Crippen LogP contribution in [-0.2, 0) is 22.9 Å². The first-order valence-electron chi connectivity index (χ1n) is 11.2. The molecule has 2 aromatic rings. The van der Waals surface area contributed by atoms with Crippen molar-refractivity contribution in [2.75, 3.05) is 4.72 Å². The topological polar surface area (TPSA) is 46.2 Å². The second-order valence-electron chi connectivity index (χ2n) is 7.99. The van der Waals surface area contributed by atoms with E-state index in [1.807, 2.05) is 19.1 Å². The van der Waals surface area contributed by atoms with Crippen LogP contribution in [0.4, 0.5) is 5.69 Å². The van der Waals surface area contributed by atoms with E-state index < -0.39 is 10.0 Å². The van der Waals surface area contributed by atoms with Crippen LogP contribution in [-0.4, -0.2) is 8.42 Å². The third-order valence-corrected chi connectivity index (χ3v) is 6.77. The number of para-hydroxylation sites is 1. The summed E-state index contributed by atoms with van der Waals surface area (Å²) in [6.45, 7) is 6.37. The number of unbranched alkanes of at least 4 members (excludes halogenated alkanes) is 6. The van der Waals surface area contributed by atoms with E-state index >= 15 is 0 Å². The number of anilines is 1. The average molecular weight is 416 g/mol. The smallest absolute Gasteiger partial charge is 0.261 e. The first kappa shape index (κ1) is 23.5. The number of sulfonamides is 1. The zero-order chi connectivity index (χ0) is 21.1. The van der Waals surface area contributed by atoms with Crippen LogP contribution < -0.4 is 4.72 Å². The second-order valence-corrected chi connectivity index (χ2v) is 9.67. The summed E-state index contributed by atoms with van der Waals surface area (Å²) in [6, 6.07) is 13.3. The highest BCUT2D eigenvalue weighted by Gasteiger charge is 2.18. The van der Waals surface area contributed by atoms with Crippen LogP contribution in [0.2, 0.25) is 0 Å². The zero-order valence-corrected chi connectivity index (χ0v) is 19.2. The van der Waals surface area contributed by atoms with Crippen LogP contribution in [0.25, 0.3) is 0 Å². The molecule has 4 heteroatoms. The largest absolute Gasteiger partial charge is 0.279 e. The molecule has 160 valence electrons. The molecule has 0 spiro atoms. The predicted molar refractivity (Wildman–Crippen MR) is 124 cm³/mol. The van der Waals surface area contributed by atoms with E-state index in [0.717, 1.165) is 48.1 Å². The molecule has 0 radical (unpaired) electrons. The quantitative estimate of drug-likeness (QED) is 0.357. The van der Waals surface area contributed by atoms with Gasteiger partial charge in [0.15, 0.2) is 0 Å². The van der Waals surface area contributed by atoms with E-state index in [1.165, 1.54) is 38.5 Å². The first-order valence-corrected chi connectivity index (χ1v) is 12.7. The number of rotatable bonds is 13. The van der Waals surface area contributed by atoms with Gasteiger partial charge in [0.1, 0.15) is 0 Å². The minimum atomic E-state index is -3.60. The van der Waals surface area contributed by atoms with E-state index in [4.69, 9.17) is 0 Å². The fourth-order valence-corrected chi connectivity index (χ4v) is 4.74. The van der Waals surface area contributed by atoms with Crippen LogP contribution in [0.1, 0.15) is 81.9 Å². The Balaban J connectivity index is 2.27. The molecule has 0 saturated heterocycles. The molecule has 0 aromatic heterocycles. The van der Waals surface area contributed by atoms with Crippen LogP contribution in [0.15, 0.2) is 47.4 Å². The van der Waals surface area contributed by atoms with Gasteiger partial charge in [-0.15, -0.1) is 0 Å². The van der Waals surface area contributed by atoms with Crippen molar-refractivity contribution in [2.24, 2.45) is 0 Å². The average Bonchev–Trinajstić information content (AvgIpc) is 2.70. The van der Waals surface area contributed by atoms with Crippen molar-refractivity contribution in [3.8, 4) is 0 Å². The number of hydrogen-bond donors (Lipinski definition) is 1. The number of nitrogens with one attached hydrogen (secondary N) is 1. The predicted octanol–water partition coefficient (Wildman–Crippen LogP) is 7.04. The van der Waals surface area contributed by atoms with Crippen molar-refractivity contribution in [3.63, 3.8) is 0 Å². The van der Waals surface area contributed by atoms with Crippen LogP contribution in [0.3, 0.4) is 0 Å². The summed E-state index contributed by atoms with van der Waals surface area (Å²) >= 11 is 0. The van der Waals surface area contributed by atoms with E-state index in [-0.39, 0.29) is 0 Å². The van der Waals surface area contributed by atoms with E-state index in [9.17, 15) is 8.42 Å². The minimum absolute atomic E-state index is 0.320. The summed E-state index contributed by atoms with van der Waals surface area (Å²) in [5, 5.41) is 0. The molecule has 2 rings (SSSR count). The third kappa shape index (κ3) is 7.50. The van der Waals surface area contributed by atoms with Crippen LogP contribution in [0, 0.1) is 6.92 Å². The highest BCUT2D eigenvalue weighted by Crippen LogP contribution is 2.28. The Morgan fingerprint density at radius 2 is 1.24 bits per heavy atom. The van der Waals surface area contributed by atoms with Gasteiger partial charge >= 0.3 is 0 Å². The number of aryl methyl sites for hydroxylation is 3. The van der Waals surface area contributed by atoms with Crippen LogP contribution in [0.5, 0.6) is 0 Å². The van der Waals surface area contributed by atoms with Crippen LogP contribution >= 0.6 is 0 Å². The van der Waals surface area contributed by atoms with E-state index in [2.05, 4.69) is 36.8 Å². The maximum atomic E-state index is 13.1. The van der Waals surface area contributed by atoms with Gasteiger partial charge in [-0.25, -0.2) is 8.42 Å². The highest BCUT2D eigenvalue weighted by atomic mass is 32.2. The minimum Gasteiger partial charge on any atom is -0.279 e. The van der Waals surface area contributed by atoms with E-state index in [1.54, 1.807) is 12.1 Å². The lowest BCUT2D eigenvalue weighted by molar-refractivity contribution is 0.601. The van der Waals surface area contributed by atoms with Gasteiger partial charge in [-0.05, 0) is 55.9 Å². The van der Waals surface area contributed by atoms with Crippen molar-refractivity contribution in [1.29, 1.82) is 0 Å². The second kappa shape index (κ2) is 12.0. The molecule has 0 aliphatic rings. The number of hydrogen-bond acceptors (Lipinski definition) is 2. The Hall–Kier alpha value is -1.81. The Kier molecular flexibility index (Phi) is 9.72. The molecular weight excluding hydrogens is 378 g/mol. The Morgan fingerprint density at radius 1 is 0.724 bits per heavy atom. The fraction of sp³-hybridized carbons (Fsp3) is 0.520. The Morgan fingerprint density at radius 3 is 1.72 bits per heavy atom. The normalized spacial score (nSPS) is 11.6. The summed E-state index contributed by atoms with van der Waals surface area (Å²) in [4.78, 5) is 0.320. The van der Waals surface area contributed by atoms with Crippen molar-refractivity contribution >= 4 is 15.7 Å². The summed E-state index contributed by atoms with van der Waals surface area (Å²) in [7, 11) is -3.60.